The summed E-state index contributed by atoms with van der Waals surface area (Å²) in [5.74, 6) is 1.47. The van der Waals surface area contributed by atoms with Crippen LogP contribution in [0.2, 0.25) is 0 Å². The Bertz CT molecular complexity index is 1320. The number of ether oxygens (including phenoxy) is 2. The maximum atomic E-state index is 6.35. The Kier molecular flexibility index (Phi) is 5.38. The second-order valence-electron chi connectivity index (χ2n) is 9.34. The number of morpholine rings is 1. The van der Waals surface area contributed by atoms with Crippen LogP contribution in [0.5, 0.6) is 5.75 Å². The molecule has 34 heavy (non-hydrogen) atoms. The van der Waals surface area contributed by atoms with Crippen LogP contribution in [0.3, 0.4) is 0 Å². The van der Waals surface area contributed by atoms with Gasteiger partial charge in [0.15, 0.2) is 0 Å². The van der Waals surface area contributed by atoms with E-state index in [-0.39, 0.29) is 0 Å². The zero-order valence-electron chi connectivity index (χ0n) is 19.5. The number of pyridine rings is 1. The largest absolute Gasteiger partial charge is 0.491 e. The number of rotatable bonds is 6. The van der Waals surface area contributed by atoms with E-state index in [9.17, 15) is 0 Å². The first-order valence-corrected chi connectivity index (χ1v) is 12.1. The Morgan fingerprint density at radius 3 is 2.50 bits per heavy atom. The fraction of sp³-hybridized carbons (Fsp3) is 0.321. The molecule has 4 aromatic rings. The van der Waals surface area contributed by atoms with E-state index < -0.39 is 0 Å². The molecule has 1 aliphatic heterocycles. The van der Waals surface area contributed by atoms with Crippen LogP contribution in [-0.2, 0) is 11.8 Å². The van der Waals surface area contributed by atoms with Gasteiger partial charge in [0.2, 0.25) is 0 Å². The van der Waals surface area contributed by atoms with Gasteiger partial charge < -0.3 is 24.7 Å². The number of aryl methyl sites for hydroxylation is 1. The number of fused-ring (bicyclic) bond motifs is 1. The highest BCUT2D eigenvalue weighted by molar-refractivity contribution is 5.97. The van der Waals surface area contributed by atoms with Crippen molar-refractivity contribution in [2.24, 2.45) is 13.0 Å². The number of hydrogen-bond acceptors (Lipinski definition) is 5. The van der Waals surface area contributed by atoms with Gasteiger partial charge in [0.25, 0.3) is 0 Å². The Hall–Kier alpha value is -3.51. The first-order valence-electron chi connectivity index (χ1n) is 12.1. The lowest BCUT2D eigenvalue weighted by molar-refractivity contribution is 0.122. The molecule has 0 atom stereocenters. The van der Waals surface area contributed by atoms with Crippen molar-refractivity contribution in [3.63, 3.8) is 0 Å². The SMILES string of the molecule is Cn1c(-c2ccc(N3CCOCC3)cc2)cc2c(-c3ccc(OCC4CC4)c(N)c3)ccnc21. The molecule has 1 saturated carbocycles. The predicted molar refractivity (Wildman–Crippen MR) is 137 cm³/mol. The molecular weight excluding hydrogens is 424 g/mol. The van der Waals surface area contributed by atoms with Crippen LogP contribution < -0.4 is 15.4 Å². The summed E-state index contributed by atoms with van der Waals surface area (Å²) in [6.45, 7) is 4.22. The fourth-order valence-corrected chi connectivity index (χ4v) is 4.75. The molecule has 0 bridgehead atoms. The number of anilines is 2. The highest BCUT2D eigenvalue weighted by Gasteiger charge is 2.22. The van der Waals surface area contributed by atoms with Gasteiger partial charge in [0.05, 0.1) is 31.2 Å². The molecule has 1 aliphatic carbocycles. The van der Waals surface area contributed by atoms with Crippen molar-refractivity contribution in [2.75, 3.05) is 43.5 Å². The van der Waals surface area contributed by atoms with Crippen molar-refractivity contribution in [3.8, 4) is 28.1 Å². The monoisotopic (exact) mass is 454 g/mol. The van der Waals surface area contributed by atoms with Crippen LogP contribution in [0.15, 0.2) is 60.8 Å². The molecule has 0 spiro atoms. The molecule has 2 aromatic heterocycles. The smallest absolute Gasteiger partial charge is 0.142 e. The topological polar surface area (TPSA) is 65.5 Å². The third kappa shape index (κ3) is 3.99. The lowest BCUT2D eigenvalue weighted by Crippen LogP contribution is -2.36. The second-order valence-corrected chi connectivity index (χ2v) is 9.34. The van der Waals surface area contributed by atoms with Crippen LogP contribution in [0.25, 0.3) is 33.4 Å². The lowest BCUT2D eigenvalue weighted by atomic mass is 10.0. The average Bonchev–Trinajstić information content (AvgIpc) is 3.65. The standard InChI is InChI=1S/C28H30N4O2/c1-31-26(20-4-7-22(8-5-20)32-12-14-33-15-13-32)17-24-23(10-11-30-28(24)31)21-6-9-27(25(29)16-21)34-18-19-2-3-19/h4-11,16-17,19H,2-3,12-15,18,29H2,1H3. The third-order valence-electron chi connectivity index (χ3n) is 6.96. The Labute approximate surface area is 199 Å². The molecule has 6 nitrogen and oxygen atoms in total. The molecule has 6 rings (SSSR count). The summed E-state index contributed by atoms with van der Waals surface area (Å²) in [5.41, 5.74) is 13.7. The maximum absolute atomic E-state index is 6.35. The van der Waals surface area contributed by atoms with Gasteiger partial charge in [-0.1, -0.05) is 18.2 Å². The summed E-state index contributed by atoms with van der Waals surface area (Å²) in [7, 11) is 2.08. The lowest BCUT2D eigenvalue weighted by Gasteiger charge is -2.28. The first kappa shape index (κ1) is 21.1. The van der Waals surface area contributed by atoms with Crippen molar-refractivity contribution >= 4 is 22.4 Å². The summed E-state index contributed by atoms with van der Waals surface area (Å²) in [5, 5.41) is 1.11. The molecule has 0 amide bonds. The Balaban J connectivity index is 1.32. The number of nitrogens with zero attached hydrogens (tertiary/aromatic N) is 3. The van der Waals surface area contributed by atoms with Crippen molar-refractivity contribution in [1.82, 2.24) is 9.55 Å². The minimum absolute atomic E-state index is 0.679. The fourth-order valence-electron chi connectivity index (χ4n) is 4.75. The van der Waals surface area contributed by atoms with Gasteiger partial charge in [-0.3, -0.25) is 0 Å². The highest BCUT2D eigenvalue weighted by atomic mass is 16.5. The summed E-state index contributed by atoms with van der Waals surface area (Å²) in [6, 6.07) is 19.2. The summed E-state index contributed by atoms with van der Waals surface area (Å²) in [4.78, 5) is 7.06. The average molecular weight is 455 g/mol. The zero-order valence-corrected chi connectivity index (χ0v) is 19.5. The predicted octanol–water partition coefficient (Wildman–Crippen LogP) is 5.11. The molecule has 6 heteroatoms. The molecule has 2 fully saturated rings. The molecular formula is C28H30N4O2. The molecule has 0 radical (unpaired) electrons. The van der Waals surface area contributed by atoms with E-state index in [0.717, 1.165) is 66.5 Å². The van der Waals surface area contributed by atoms with Gasteiger partial charge in [0.1, 0.15) is 11.4 Å². The van der Waals surface area contributed by atoms with Crippen molar-refractivity contribution in [2.45, 2.75) is 12.8 Å². The summed E-state index contributed by atoms with van der Waals surface area (Å²) >= 11 is 0. The van der Waals surface area contributed by atoms with E-state index in [4.69, 9.17) is 15.2 Å². The Morgan fingerprint density at radius 2 is 1.76 bits per heavy atom. The van der Waals surface area contributed by atoms with E-state index in [1.54, 1.807) is 0 Å². The molecule has 174 valence electrons. The number of benzene rings is 2. The molecule has 3 heterocycles. The molecule has 2 aliphatic rings. The molecule has 1 saturated heterocycles. The van der Waals surface area contributed by atoms with Crippen LogP contribution in [0.1, 0.15) is 12.8 Å². The van der Waals surface area contributed by atoms with E-state index in [0.29, 0.717) is 11.6 Å². The van der Waals surface area contributed by atoms with Gasteiger partial charge in [-0.2, -0.15) is 0 Å². The second kappa shape index (κ2) is 8.69. The number of nitrogens with two attached hydrogens (primary N) is 1. The van der Waals surface area contributed by atoms with Crippen LogP contribution in [0.4, 0.5) is 11.4 Å². The van der Waals surface area contributed by atoms with E-state index in [1.165, 1.54) is 24.1 Å². The summed E-state index contributed by atoms with van der Waals surface area (Å²) < 4.78 is 13.6. The van der Waals surface area contributed by atoms with Crippen molar-refractivity contribution in [1.29, 1.82) is 0 Å². The highest BCUT2D eigenvalue weighted by Crippen LogP contribution is 2.37. The number of aromatic nitrogens is 2. The van der Waals surface area contributed by atoms with Crippen LogP contribution in [0, 0.1) is 5.92 Å². The quantitative estimate of drug-likeness (QED) is 0.410. The van der Waals surface area contributed by atoms with Gasteiger partial charge >= 0.3 is 0 Å². The van der Waals surface area contributed by atoms with Gasteiger partial charge in [-0.25, -0.2) is 4.98 Å². The number of nitrogen functional groups attached to an aromatic ring is 1. The Morgan fingerprint density at radius 1 is 1.00 bits per heavy atom. The third-order valence-corrected chi connectivity index (χ3v) is 6.96. The van der Waals surface area contributed by atoms with Crippen molar-refractivity contribution in [3.05, 3.63) is 60.8 Å². The molecule has 0 unspecified atom stereocenters. The first-order chi connectivity index (χ1) is 16.7. The van der Waals surface area contributed by atoms with E-state index >= 15 is 0 Å². The van der Waals surface area contributed by atoms with E-state index in [2.05, 4.69) is 64.0 Å². The summed E-state index contributed by atoms with van der Waals surface area (Å²) in [6.07, 6.45) is 4.40. The van der Waals surface area contributed by atoms with Crippen molar-refractivity contribution < 1.29 is 9.47 Å². The van der Waals surface area contributed by atoms with Crippen LogP contribution >= 0.6 is 0 Å². The normalized spacial score (nSPS) is 16.2. The molecule has 2 aromatic carbocycles. The van der Waals surface area contributed by atoms with E-state index in [1.807, 2.05) is 18.3 Å². The molecule has 2 N–H and O–H groups in total. The minimum Gasteiger partial charge on any atom is -0.491 e. The zero-order chi connectivity index (χ0) is 23.1. The van der Waals surface area contributed by atoms with Gasteiger partial charge in [0, 0.05) is 37.4 Å². The maximum Gasteiger partial charge on any atom is 0.142 e. The van der Waals surface area contributed by atoms with Crippen LogP contribution in [-0.4, -0.2) is 42.5 Å². The minimum atomic E-state index is 0.679. The van der Waals surface area contributed by atoms with Gasteiger partial charge in [-0.15, -0.1) is 0 Å². The van der Waals surface area contributed by atoms with Gasteiger partial charge in [-0.05, 0) is 71.8 Å². The number of hydrogen-bond donors (Lipinski definition) is 1.